The molecule has 154 valence electrons. The lowest BCUT2D eigenvalue weighted by molar-refractivity contribution is 0.147. The van der Waals surface area contributed by atoms with Crippen molar-refractivity contribution in [3.8, 4) is 23.8 Å². The zero-order valence-electron chi connectivity index (χ0n) is 17.5. The number of guanidine groups is 1. The van der Waals surface area contributed by atoms with Crippen molar-refractivity contribution in [1.29, 1.82) is 0 Å². The number of methoxy groups -OCH3 is 1. The van der Waals surface area contributed by atoms with Crippen LogP contribution in [-0.4, -0.2) is 57.3 Å². The van der Waals surface area contributed by atoms with Crippen LogP contribution < -0.4 is 20.1 Å². The zero-order chi connectivity index (χ0) is 20.2. The van der Waals surface area contributed by atoms with Gasteiger partial charge in [0.15, 0.2) is 17.5 Å². The summed E-state index contributed by atoms with van der Waals surface area (Å²) in [6.07, 6.45) is 10.5. The number of ether oxygens (including phenoxy) is 2. The normalized spacial score (nSPS) is 17.6. The summed E-state index contributed by atoms with van der Waals surface area (Å²) in [6.45, 7) is 6.27. The Hall–Kier alpha value is -2.39. The van der Waals surface area contributed by atoms with Gasteiger partial charge in [0.05, 0.1) is 7.11 Å². The zero-order valence-corrected chi connectivity index (χ0v) is 17.5. The molecule has 1 aromatic rings. The molecule has 2 N–H and O–H groups in total. The predicted octanol–water partition coefficient (Wildman–Crippen LogP) is 2.64. The van der Waals surface area contributed by atoms with E-state index in [0.717, 1.165) is 30.7 Å². The second-order valence-corrected chi connectivity index (χ2v) is 6.92. The minimum absolute atomic E-state index is 0.214. The van der Waals surface area contributed by atoms with Crippen LogP contribution in [0.5, 0.6) is 11.5 Å². The number of benzene rings is 1. The average Bonchev–Trinajstić information content (AvgIpc) is 2.74. The number of rotatable bonds is 9. The summed E-state index contributed by atoms with van der Waals surface area (Å²) in [4.78, 5) is 6.92. The smallest absolute Gasteiger partial charge is 0.191 e. The molecule has 0 saturated carbocycles. The van der Waals surface area contributed by atoms with Gasteiger partial charge in [-0.1, -0.05) is 25.3 Å². The summed E-state index contributed by atoms with van der Waals surface area (Å²) in [7, 11) is 3.41. The van der Waals surface area contributed by atoms with Gasteiger partial charge in [0.1, 0.15) is 6.61 Å². The Morgan fingerprint density at radius 2 is 2.18 bits per heavy atom. The van der Waals surface area contributed by atoms with Gasteiger partial charge < -0.3 is 20.1 Å². The molecule has 6 nitrogen and oxygen atoms in total. The lowest BCUT2D eigenvalue weighted by Crippen LogP contribution is -2.45. The Balaban J connectivity index is 1.82. The second kappa shape index (κ2) is 12.1. The molecule has 0 radical (unpaired) electrons. The van der Waals surface area contributed by atoms with Crippen molar-refractivity contribution >= 4 is 5.96 Å². The van der Waals surface area contributed by atoms with E-state index in [0.29, 0.717) is 18.0 Å². The van der Waals surface area contributed by atoms with E-state index in [1.807, 2.05) is 18.2 Å². The topological polar surface area (TPSA) is 58.1 Å². The van der Waals surface area contributed by atoms with Gasteiger partial charge in [-0.05, 0) is 43.5 Å². The standard InChI is InChI=1S/C22H34N4O2/c1-5-15-28-21-16-18(10-11-20(21)27-4)17-25-22(23-3)24-12-14-26-13-8-7-9-19(26)6-2/h1,10-11,16,19H,6-9,12-15,17H2,2-4H3,(H2,23,24,25). The van der Waals surface area contributed by atoms with Crippen molar-refractivity contribution in [3.05, 3.63) is 23.8 Å². The first-order valence-electron chi connectivity index (χ1n) is 10.1. The van der Waals surface area contributed by atoms with Crippen molar-refractivity contribution < 1.29 is 9.47 Å². The van der Waals surface area contributed by atoms with Crippen LogP contribution in [0.4, 0.5) is 0 Å². The fraction of sp³-hybridized carbons (Fsp3) is 0.591. The van der Waals surface area contributed by atoms with E-state index in [-0.39, 0.29) is 6.61 Å². The monoisotopic (exact) mass is 386 g/mol. The highest BCUT2D eigenvalue weighted by atomic mass is 16.5. The Labute approximate surface area is 169 Å². The van der Waals surface area contributed by atoms with Crippen LogP contribution in [-0.2, 0) is 6.54 Å². The number of nitrogens with zero attached hydrogens (tertiary/aromatic N) is 2. The van der Waals surface area contributed by atoms with Crippen molar-refractivity contribution in [3.63, 3.8) is 0 Å². The van der Waals surface area contributed by atoms with E-state index >= 15 is 0 Å². The van der Waals surface area contributed by atoms with Crippen LogP contribution in [0.3, 0.4) is 0 Å². The van der Waals surface area contributed by atoms with Gasteiger partial charge in [-0.3, -0.25) is 9.89 Å². The van der Waals surface area contributed by atoms with Crippen LogP contribution >= 0.6 is 0 Å². The first kappa shape index (κ1) is 21.9. The van der Waals surface area contributed by atoms with Crippen LogP contribution in [0, 0.1) is 12.3 Å². The number of hydrogen-bond donors (Lipinski definition) is 2. The van der Waals surface area contributed by atoms with E-state index in [4.69, 9.17) is 15.9 Å². The first-order valence-corrected chi connectivity index (χ1v) is 10.1. The van der Waals surface area contributed by atoms with Gasteiger partial charge in [-0.2, -0.15) is 0 Å². The van der Waals surface area contributed by atoms with Gasteiger partial charge in [0.25, 0.3) is 0 Å². The molecule has 1 unspecified atom stereocenters. The summed E-state index contributed by atoms with van der Waals surface area (Å²) in [6, 6.07) is 6.56. The maximum Gasteiger partial charge on any atom is 0.191 e. The summed E-state index contributed by atoms with van der Waals surface area (Å²) in [5.41, 5.74) is 1.07. The fourth-order valence-electron chi connectivity index (χ4n) is 3.60. The molecule has 0 amide bonds. The number of hydrogen-bond acceptors (Lipinski definition) is 4. The SMILES string of the molecule is C#CCOc1cc(CNC(=NC)NCCN2CCCCC2CC)ccc1OC. The highest BCUT2D eigenvalue weighted by molar-refractivity contribution is 5.79. The molecule has 6 heteroatoms. The van der Waals surface area contributed by atoms with Crippen molar-refractivity contribution in [2.24, 2.45) is 4.99 Å². The molecule has 0 aromatic heterocycles. The lowest BCUT2D eigenvalue weighted by atomic mass is 10.0. The van der Waals surface area contributed by atoms with E-state index in [1.54, 1.807) is 14.2 Å². The van der Waals surface area contributed by atoms with Crippen molar-refractivity contribution in [2.75, 3.05) is 40.4 Å². The van der Waals surface area contributed by atoms with E-state index < -0.39 is 0 Å². The van der Waals surface area contributed by atoms with E-state index in [1.165, 1.54) is 32.2 Å². The molecular formula is C22H34N4O2. The fourth-order valence-corrected chi connectivity index (χ4v) is 3.60. The van der Waals surface area contributed by atoms with Crippen LogP contribution in [0.25, 0.3) is 0 Å². The molecule has 0 aliphatic carbocycles. The van der Waals surface area contributed by atoms with Gasteiger partial charge in [-0.25, -0.2) is 0 Å². The summed E-state index contributed by atoms with van der Waals surface area (Å²) in [5.74, 6) is 4.60. The highest BCUT2D eigenvalue weighted by Crippen LogP contribution is 2.28. The molecule has 0 spiro atoms. The number of aliphatic imine (C=N–C) groups is 1. The minimum atomic E-state index is 0.214. The Morgan fingerprint density at radius 3 is 2.89 bits per heavy atom. The Kier molecular flexibility index (Phi) is 9.50. The van der Waals surface area contributed by atoms with E-state index in [2.05, 4.69) is 33.4 Å². The minimum Gasteiger partial charge on any atom is -0.493 e. The maximum atomic E-state index is 5.56. The van der Waals surface area contributed by atoms with Crippen LogP contribution in [0.2, 0.25) is 0 Å². The molecule has 0 bridgehead atoms. The number of terminal acetylenes is 1. The third-order valence-corrected chi connectivity index (χ3v) is 5.13. The van der Waals surface area contributed by atoms with Gasteiger partial charge in [0, 0.05) is 32.7 Å². The summed E-state index contributed by atoms with van der Waals surface area (Å²) < 4.78 is 10.9. The van der Waals surface area contributed by atoms with Gasteiger partial charge in [0.2, 0.25) is 0 Å². The van der Waals surface area contributed by atoms with E-state index in [9.17, 15) is 0 Å². The molecule has 1 aliphatic heterocycles. The maximum absolute atomic E-state index is 5.56. The second-order valence-electron chi connectivity index (χ2n) is 6.92. The molecular weight excluding hydrogens is 352 g/mol. The van der Waals surface area contributed by atoms with Crippen molar-refractivity contribution in [2.45, 2.75) is 45.2 Å². The largest absolute Gasteiger partial charge is 0.493 e. The number of piperidine rings is 1. The highest BCUT2D eigenvalue weighted by Gasteiger charge is 2.19. The number of likely N-dealkylation sites (tertiary alicyclic amines) is 1. The third kappa shape index (κ3) is 6.65. The summed E-state index contributed by atoms with van der Waals surface area (Å²) >= 11 is 0. The quantitative estimate of drug-likeness (QED) is 0.388. The predicted molar refractivity (Wildman–Crippen MR) is 115 cm³/mol. The lowest BCUT2D eigenvalue weighted by Gasteiger charge is -2.35. The molecule has 2 rings (SSSR count). The average molecular weight is 387 g/mol. The molecule has 1 aromatic carbocycles. The molecule has 1 aliphatic rings. The molecule has 1 saturated heterocycles. The first-order chi connectivity index (χ1) is 13.7. The Bertz CT molecular complexity index is 669. The summed E-state index contributed by atoms with van der Waals surface area (Å²) in [5, 5.41) is 6.77. The third-order valence-electron chi connectivity index (χ3n) is 5.13. The molecule has 28 heavy (non-hydrogen) atoms. The number of nitrogens with one attached hydrogen (secondary N) is 2. The Morgan fingerprint density at radius 1 is 1.32 bits per heavy atom. The molecule has 1 atom stereocenters. The van der Waals surface area contributed by atoms with Gasteiger partial charge >= 0.3 is 0 Å². The molecule has 1 heterocycles. The van der Waals surface area contributed by atoms with Crippen LogP contribution in [0.1, 0.15) is 38.2 Å². The van der Waals surface area contributed by atoms with Crippen molar-refractivity contribution in [1.82, 2.24) is 15.5 Å². The van der Waals surface area contributed by atoms with Gasteiger partial charge in [-0.15, -0.1) is 6.42 Å². The molecule has 1 fully saturated rings. The van der Waals surface area contributed by atoms with Crippen LogP contribution in [0.15, 0.2) is 23.2 Å².